The number of nitrogens with zero attached hydrogens (tertiary/aromatic N) is 1. The number of nitrogens with one attached hydrogen (secondary N) is 1. The van der Waals surface area contributed by atoms with Gasteiger partial charge in [-0.1, -0.05) is 55.8 Å². The highest BCUT2D eigenvalue weighted by Crippen LogP contribution is 2.17. The zero-order valence-corrected chi connectivity index (χ0v) is 22.5. The van der Waals surface area contributed by atoms with Crippen molar-refractivity contribution in [1.29, 1.82) is 0 Å². The van der Waals surface area contributed by atoms with E-state index in [0.717, 1.165) is 5.56 Å². The normalized spacial score (nSPS) is 13.5. The average molecular weight is 542 g/mol. The van der Waals surface area contributed by atoms with Gasteiger partial charge in [-0.2, -0.15) is 0 Å². The van der Waals surface area contributed by atoms with Crippen LogP contribution >= 0.6 is 11.6 Å². The van der Waals surface area contributed by atoms with Crippen molar-refractivity contribution in [3.63, 3.8) is 0 Å². The van der Waals surface area contributed by atoms with Crippen LogP contribution < -0.4 is 11.1 Å². The van der Waals surface area contributed by atoms with E-state index in [-0.39, 0.29) is 30.2 Å². The smallest absolute Gasteiger partial charge is 0.307 e. The van der Waals surface area contributed by atoms with Crippen LogP contribution in [-0.4, -0.2) is 56.2 Å². The fourth-order valence-electron chi connectivity index (χ4n) is 3.83. The first-order valence-corrected chi connectivity index (χ1v) is 14.3. The van der Waals surface area contributed by atoms with Crippen molar-refractivity contribution >= 4 is 27.6 Å². The van der Waals surface area contributed by atoms with Crippen LogP contribution in [0.15, 0.2) is 48.5 Å². The number of carbonyl (C=O) groups excluding carboxylic acids is 1. The molecule has 2 aromatic carbocycles. The van der Waals surface area contributed by atoms with Crippen LogP contribution in [0.3, 0.4) is 0 Å². The van der Waals surface area contributed by atoms with E-state index in [9.17, 15) is 17.6 Å². The summed E-state index contributed by atoms with van der Waals surface area (Å²) >= 11 is 5.96. The van der Waals surface area contributed by atoms with Crippen molar-refractivity contribution in [1.82, 2.24) is 9.62 Å². The standard InChI is InChI=1S/C26H37ClFN3O4S/c1-3-11-31(12-4-2)36(33,34)13-10-26(32)35-25(19-30-18-20-8-6-5-7-9-20)24(29)16-21-14-22(27)17-23(28)15-21/h5-9,14-15,17,24-25,30H,3-4,10-13,16,18-19,29H2,1-2H3/t24-,25+/m0/s1. The van der Waals surface area contributed by atoms with Gasteiger partial charge in [-0.25, -0.2) is 17.1 Å². The highest BCUT2D eigenvalue weighted by molar-refractivity contribution is 7.89. The SMILES string of the molecule is CCCN(CCC)S(=O)(=O)CCC(=O)O[C@H](CNCc1ccccc1)[C@@H](N)Cc1cc(F)cc(Cl)c1. The lowest BCUT2D eigenvalue weighted by molar-refractivity contribution is -0.149. The van der Waals surface area contributed by atoms with Crippen molar-refractivity contribution < 1.29 is 22.3 Å². The average Bonchev–Trinajstić information content (AvgIpc) is 2.82. The molecular formula is C26H37ClFN3O4S. The van der Waals surface area contributed by atoms with E-state index in [1.165, 1.54) is 16.4 Å². The number of halogens is 2. The number of sulfonamides is 1. The van der Waals surface area contributed by atoms with Gasteiger partial charge in [-0.3, -0.25) is 4.79 Å². The van der Waals surface area contributed by atoms with E-state index < -0.39 is 34.0 Å². The molecule has 0 saturated carbocycles. The molecule has 0 fully saturated rings. The monoisotopic (exact) mass is 541 g/mol. The number of hydrogen-bond acceptors (Lipinski definition) is 6. The van der Waals surface area contributed by atoms with Gasteiger partial charge in [-0.15, -0.1) is 0 Å². The van der Waals surface area contributed by atoms with Crippen LogP contribution in [0.4, 0.5) is 4.39 Å². The number of ether oxygens (including phenoxy) is 1. The Morgan fingerprint density at radius 3 is 2.39 bits per heavy atom. The predicted octanol–water partition coefficient (Wildman–Crippen LogP) is 3.89. The van der Waals surface area contributed by atoms with Crippen molar-refractivity contribution in [3.05, 3.63) is 70.5 Å². The van der Waals surface area contributed by atoms with Gasteiger partial charge in [0.25, 0.3) is 0 Å². The molecule has 2 aromatic rings. The third-order valence-electron chi connectivity index (χ3n) is 5.58. The minimum atomic E-state index is -3.58. The summed E-state index contributed by atoms with van der Waals surface area (Å²) in [6.07, 6.45) is 0.574. The summed E-state index contributed by atoms with van der Waals surface area (Å²) in [7, 11) is -3.58. The molecule has 10 heteroatoms. The zero-order chi connectivity index (χ0) is 26.6. The van der Waals surface area contributed by atoms with E-state index in [4.69, 9.17) is 22.1 Å². The largest absolute Gasteiger partial charge is 0.459 e. The van der Waals surface area contributed by atoms with E-state index >= 15 is 0 Å². The lowest BCUT2D eigenvalue weighted by Crippen LogP contribution is -2.46. The van der Waals surface area contributed by atoms with Crippen molar-refractivity contribution in [3.8, 4) is 0 Å². The van der Waals surface area contributed by atoms with Gasteiger partial charge < -0.3 is 15.8 Å². The lowest BCUT2D eigenvalue weighted by Gasteiger charge is -2.25. The van der Waals surface area contributed by atoms with Crippen LogP contribution in [0, 0.1) is 5.82 Å². The van der Waals surface area contributed by atoms with E-state index in [2.05, 4.69) is 5.32 Å². The maximum Gasteiger partial charge on any atom is 0.307 e. The molecule has 200 valence electrons. The van der Waals surface area contributed by atoms with Gasteiger partial charge >= 0.3 is 5.97 Å². The molecule has 0 aliphatic rings. The molecular weight excluding hydrogens is 505 g/mol. The number of benzene rings is 2. The molecule has 0 heterocycles. The number of hydrogen-bond donors (Lipinski definition) is 2. The molecule has 2 atom stereocenters. The number of rotatable bonds is 16. The molecule has 0 radical (unpaired) electrons. The second-order valence-electron chi connectivity index (χ2n) is 8.76. The molecule has 0 spiro atoms. The van der Waals surface area contributed by atoms with E-state index in [1.807, 2.05) is 44.2 Å². The zero-order valence-electron chi connectivity index (χ0n) is 21.0. The Hall–Kier alpha value is -2.04. The second kappa shape index (κ2) is 15.3. The summed E-state index contributed by atoms with van der Waals surface area (Å²) in [5.74, 6) is -1.45. The molecule has 7 nitrogen and oxygen atoms in total. The lowest BCUT2D eigenvalue weighted by atomic mass is 10.0. The van der Waals surface area contributed by atoms with Gasteiger partial charge in [0, 0.05) is 37.2 Å². The summed E-state index contributed by atoms with van der Waals surface area (Å²) in [6.45, 7) is 5.43. The first-order valence-electron chi connectivity index (χ1n) is 12.3. The Balaban J connectivity index is 2.05. The van der Waals surface area contributed by atoms with E-state index in [0.29, 0.717) is 38.0 Å². The van der Waals surface area contributed by atoms with E-state index in [1.54, 1.807) is 6.07 Å². The molecule has 0 aromatic heterocycles. The number of esters is 1. The Bertz CT molecular complexity index is 1030. The number of carbonyl (C=O) groups is 1. The van der Waals surface area contributed by atoms with Gasteiger partial charge in [0.1, 0.15) is 11.9 Å². The molecule has 0 unspecified atom stereocenters. The van der Waals surface area contributed by atoms with Crippen LogP contribution in [0.5, 0.6) is 0 Å². The van der Waals surface area contributed by atoms with Crippen molar-refractivity contribution in [2.24, 2.45) is 5.73 Å². The topological polar surface area (TPSA) is 102 Å². The van der Waals surface area contributed by atoms with Gasteiger partial charge in [-0.05, 0) is 48.6 Å². The third kappa shape index (κ3) is 10.5. The van der Waals surface area contributed by atoms with Crippen LogP contribution in [0.1, 0.15) is 44.2 Å². The highest BCUT2D eigenvalue weighted by Gasteiger charge is 2.26. The van der Waals surface area contributed by atoms with Gasteiger partial charge in [0.2, 0.25) is 10.0 Å². The molecule has 2 rings (SSSR count). The molecule has 0 bridgehead atoms. The maximum atomic E-state index is 13.8. The van der Waals surface area contributed by atoms with Crippen molar-refractivity contribution in [2.45, 2.75) is 58.2 Å². The Morgan fingerprint density at radius 2 is 1.78 bits per heavy atom. The minimum Gasteiger partial charge on any atom is -0.459 e. The predicted molar refractivity (Wildman–Crippen MR) is 142 cm³/mol. The second-order valence-corrected chi connectivity index (χ2v) is 11.3. The highest BCUT2D eigenvalue weighted by atomic mass is 35.5. The number of nitrogens with two attached hydrogens (primary N) is 1. The first-order chi connectivity index (χ1) is 17.1. The van der Waals surface area contributed by atoms with Crippen molar-refractivity contribution in [2.75, 3.05) is 25.4 Å². The fraction of sp³-hybridized carbons (Fsp3) is 0.500. The molecule has 0 aliphatic carbocycles. The quantitative estimate of drug-likeness (QED) is 0.313. The molecule has 0 aliphatic heterocycles. The third-order valence-corrected chi connectivity index (χ3v) is 7.67. The van der Waals surface area contributed by atoms with Crippen LogP contribution in [-0.2, 0) is 32.5 Å². The van der Waals surface area contributed by atoms with Gasteiger partial charge in [0.15, 0.2) is 0 Å². The van der Waals surface area contributed by atoms with Crippen LogP contribution in [0.2, 0.25) is 5.02 Å². The fourth-order valence-corrected chi connectivity index (χ4v) is 5.67. The first kappa shape index (κ1) is 30.2. The Kier molecular flexibility index (Phi) is 12.8. The Labute approximate surface area is 219 Å². The summed E-state index contributed by atoms with van der Waals surface area (Å²) in [5, 5.41) is 3.49. The molecule has 0 saturated heterocycles. The summed E-state index contributed by atoms with van der Waals surface area (Å²) in [5.41, 5.74) is 8.00. The molecule has 36 heavy (non-hydrogen) atoms. The minimum absolute atomic E-state index is 0.224. The van der Waals surface area contributed by atoms with Crippen LogP contribution in [0.25, 0.3) is 0 Å². The summed E-state index contributed by atoms with van der Waals surface area (Å²) < 4.78 is 46.2. The summed E-state index contributed by atoms with van der Waals surface area (Å²) in [6, 6.07) is 13.2. The Morgan fingerprint density at radius 1 is 1.11 bits per heavy atom. The molecule has 0 amide bonds. The molecule has 3 N–H and O–H groups in total. The summed E-state index contributed by atoms with van der Waals surface area (Å²) in [4.78, 5) is 12.7. The maximum absolute atomic E-state index is 13.8. The van der Waals surface area contributed by atoms with Gasteiger partial charge in [0.05, 0.1) is 12.2 Å².